The molecule has 3 rings (SSSR count). The number of benzene rings is 1. The molecule has 0 saturated heterocycles. The maximum atomic E-state index is 15.1. The Kier molecular flexibility index (Phi) is 8.64. The van der Waals surface area contributed by atoms with Gasteiger partial charge in [0.2, 0.25) is 0 Å². The molecular formula is C34H40O7. The molecule has 218 valence electrons. The molecule has 0 spiro atoms. The second kappa shape index (κ2) is 11.2. The minimum Gasteiger partial charge on any atom is -0.458 e. The number of ketones is 3. The van der Waals surface area contributed by atoms with Crippen LogP contribution in [0.2, 0.25) is 0 Å². The molecule has 1 aromatic rings. The van der Waals surface area contributed by atoms with Gasteiger partial charge >= 0.3 is 11.9 Å². The Morgan fingerprint density at radius 3 is 2.15 bits per heavy atom. The van der Waals surface area contributed by atoms with E-state index in [4.69, 9.17) is 9.47 Å². The van der Waals surface area contributed by atoms with Gasteiger partial charge in [0.1, 0.15) is 11.9 Å². The normalized spacial score (nSPS) is 26.0. The van der Waals surface area contributed by atoms with Crippen molar-refractivity contribution in [2.75, 3.05) is 0 Å². The average Bonchev–Trinajstić information content (AvgIpc) is 2.90. The molecule has 0 aromatic heterocycles. The van der Waals surface area contributed by atoms with Gasteiger partial charge in [0.05, 0.1) is 10.8 Å². The molecule has 0 amide bonds. The molecule has 4 atom stereocenters. The lowest BCUT2D eigenvalue weighted by Crippen LogP contribution is -2.71. The summed E-state index contributed by atoms with van der Waals surface area (Å²) in [5.41, 5.74) is -5.93. The number of hydrogen-bond donors (Lipinski definition) is 0. The summed E-state index contributed by atoms with van der Waals surface area (Å²) >= 11 is 0. The average molecular weight is 561 g/mol. The standard InChI is InChI=1S/C34H40O7/c1-10-16-23-27(37)34(26(36)22-17-14-13-15-18-22)29(38)33(19-11-2,28(23)41-30(39)31(5,6)7)20-24(32(34,8)9)25(12-3)40-21(4)35/h10-15,17-18,24-25H,1-3,16,19-20H2,4-9H3/t24-,25?,33+,34-/m0/s1. The van der Waals surface area contributed by atoms with Crippen molar-refractivity contribution >= 4 is 29.3 Å². The van der Waals surface area contributed by atoms with Gasteiger partial charge < -0.3 is 9.47 Å². The highest BCUT2D eigenvalue weighted by molar-refractivity contribution is 6.36. The first-order valence-electron chi connectivity index (χ1n) is 13.7. The number of carbonyl (C=O) groups excluding carboxylic acids is 5. The van der Waals surface area contributed by atoms with E-state index < -0.39 is 63.0 Å². The molecule has 1 unspecified atom stereocenters. The number of Topliss-reactive ketones (excluding diaryl/α,β-unsaturated/α-hetero) is 3. The van der Waals surface area contributed by atoms with Gasteiger partial charge in [-0.15, -0.1) is 13.2 Å². The Morgan fingerprint density at radius 2 is 1.66 bits per heavy atom. The molecule has 1 fully saturated rings. The maximum Gasteiger partial charge on any atom is 0.316 e. The summed E-state index contributed by atoms with van der Waals surface area (Å²) in [5.74, 6) is -4.11. The SMILES string of the molecule is C=CCC1=C(OC(=O)C(C)(C)C)[C@@]2(CC=C)C[C@@H](C(C=C)OC(C)=O)C(C)(C)[C@@](C(=O)c3ccccc3)(C1=O)C2=O. The molecule has 1 aromatic carbocycles. The quantitative estimate of drug-likeness (QED) is 0.146. The highest BCUT2D eigenvalue weighted by Gasteiger charge is 2.76. The Bertz CT molecular complexity index is 1340. The number of rotatable bonds is 10. The molecule has 0 radical (unpaired) electrons. The van der Waals surface area contributed by atoms with Crippen LogP contribution in [0.5, 0.6) is 0 Å². The first-order chi connectivity index (χ1) is 19.1. The van der Waals surface area contributed by atoms with Gasteiger partial charge in [-0.05, 0) is 45.4 Å². The van der Waals surface area contributed by atoms with E-state index in [0.717, 1.165) is 0 Å². The van der Waals surface area contributed by atoms with E-state index in [2.05, 4.69) is 19.7 Å². The van der Waals surface area contributed by atoms with E-state index in [9.17, 15) is 19.2 Å². The van der Waals surface area contributed by atoms with Crippen LogP contribution in [0.25, 0.3) is 0 Å². The van der Waals surface area contributed by atoms with Crippen LogP contribution >= 0.6 is 0 Å². The van der Waals surface area contributed by atoms with Crippen LogP contribution in [0.1, 0.15) is 71.2 Å². The lowest BCUT2D eigenvalue weighted by Gasteiger charge is -2.60. The Morgan fingerprint density at radius 1 is 1.05 bits per heavy atom. The maximum absolute atomic E-state index is 15.1. The predicted octanol–water partition coefficient (Wildman–Crippen LogP) is 6.15. The molecular weight excluding hydrogens is 520 g/mol. The number of carbonyl (C=O) groups is 5. The van der Waals surface area contributed by atoms with Crippen molar-refractivity contribution in [2.24, 2.45) is 27.6 Å². The van der Waals surface area contributed by atoms with Crippen molar-refractivity contribution in [3.05, 3.63) is 85.2 Å². The molecule has 41 heavy (non-hydrogen) atoms. The highest BCUT2D eigenvalue weighted by atomic mass is 16.5. The van der Waals surface area contributed by atoms with Gasteiger partial charge in [0.25, 0.3) is 0 Å². The van der Waals surface area contributed by atoms with Crippen LogP contribution in [0, 0.1) is 27.6 Å². The van der Waals surface area contributed by atoms with Crippen molar-refractivity contribution in [3.8, 4) is 0 Å². The van der Waals surface area contributed by atoms with E-state index >= 15 is 4.79 Å². The van der Waals surface area contributed by atoms with Crippen LogP contribution in [-0.2, 0) is 28.7 Å². The van der Waals surface area contributed by atoms with Crippen molar-refractivity contribution in [1.29, 1.82) is 0 Å². The van der Waals surface area contributed by atoms with Crippen molar-refractivity contribution in [3.63, 3.8) is 0 Å². The van der Waals surface area contributed by atoms with Gasteiger partial charge in [-0.1, -0.05) is 69.0 Å². The minimum atomic E-state index is -2.22. The molecule has 2 aliphatic rings. The third-order valence-corrected chi connectivity index (χ3v) is 8.52. The topological polar surface area (TPSA) is 104 Å². The fraction of sp³-hybridized carbons (Fsp3) is 0.441. The van der Waals surface area contributed by atoms with E-state index in [1.54, 1.807) is 65.0 Å². The van der Waals surface area contributed by atoms with Crippen LogP contribution in [-0.4, -0.2) is 35.4 Å². The van der Waals surface area contributed by atoms with E-state index in [1.165, 1.54) is 25.2 Å². The van der Waals surface area contributed by atoms with Gasteiger partial charge in [-0.3, -0.25) is 24.0 Å². The van der Waals surface area contributed by atoms with Crippen LogP contribution in [0.3, 0.4) is 0 Å². The zero-order valence-electron chi connectivity index (χ0n) is 24.9. The number of hydrogen-bond acceptors (Lipinski definition) is 7. The number of ether oxygens (including phenoxy) is 2. The van der Waals surface area contributed by atoms with Crippen LogP contribution in [0.4, 0.5) is 0 Å². The van der Waals surface area contributed by atoms with E-state index in [-0.39, 0.29) is 36.2 Å². The fourth-order valence-corrected chi connectivity index (χ4v) is 6.43. The van der Waals surface area contributed by atoms with E-state index in [0.29, 0.717) is 0 Å². The molecule has 2 aliphatic carbocycles. The van der Waals surface area contributed by atoms with Gasteiger partial charge in [-0.2, -0.15) is 0 Å². The molecule has 0 aliphatic heterocycles. The summed E-state index contributed by atoms with van der Waals surface area (Å²) < 4.78 is 11.7. The third kappa shape index (κ3) is 4.85. The summed E-state index contributed by atoms with van der Waals surface area (Å²) in [5, 5.41) is 0. The van der Waals surface area contributed by atoms with Crippen molar-refractivity contribution < 1.29 is 33.4 Å². The fourth-order valence-electron chi connectivity index (χ4n) is 6.43. The summed E-state index contributed by atoms with van der Waals surface area (Å²) in [4.78, 5) is 70.1. The van der Waals surface area contributed by atoms with Gasteiger partial charge in [0, 0.05) is 24.0 Å². The van der Waals surface area contributed by atoms with Gasteiger partial charge in [0.15, 0.2) is 22.8 Å². The summed E-state index contributed by atoms with van der Waals surface area (Å²) in [6.45, 7) is 21.2. The van der Waals surface area contributed by atoms with Crippen molar-refractivity contribution in [2.45, 2.75) is 66.9 Å². The third-order valence-electron chi connectivity index (χ3n) is 8.52. The first kappa shape index (κ1) is 31.7. The molecule has 7 heteroatoms. The first-order valence-corrected chi connectivity index (χ1v) is 13.7. The molecule has 1 saturated carbocycles. The zero-order chi connectivity index (χ0) is 31.0. The minimum absolute atomic E-state index is 0.0132. The second-order valence-corrected chi connectivity index (χ2v) is 12.5. The van der Waals surface area contributed by atoms with Crippen LogP contribution in [0.15, 0.2) is 79.6 Å². The van der Waals surface area contributed by atoms with Gasteiger partial charge in [-0.25, -0.2) is 0 Å². The second-order valence-electron chi connectivity index (χ2n) is 12.5. The highest BCUT2D eigenvalue weighted by Crippen LogP contribution is 2.66. The van der Waals surface area contributed by atoms with Crippen LogP contribution < -0.4 is 0 Å². The number of esters is 2. The molecule has 0 N–H and O–H groups in total. The largest absolute Gasteiger partial charge is 0.458 e. The summed E-state index contributed by atoms with van der Waals surface area (Å²) in [7, 11) is 0. The molecule has 2 bridgehead atoms. The van der Waals surface area contributed by atoms with E-state index in [1.807, 2.05) is 0 Å². The lowest BCUT2D eigenvalue weighted by atomic mass is 9.39. The van der Waals surface area contributed by atoms with Crippen molar-refractivity contribution in [1.82, 2.24) is 0 Å². The Labute approximate surface area is 242 Å². The monoisotopic (exact) mass is 560 g/mol. The molecule has 7 nitrogen and oxygen atoms in total. The number of fused-ring (bicyclic) bond motifs is 2. The Hall–Kier alpha value is -3.87. The summed E-state index contributed by atoms with van der Waals surface area (Å²) in [6, 6.07) is 8.19. The Balaban J connectivity index is 2.54. The number of allylic oxidation sites excluding steroid dienone is 4. The molecule has 0 heterocycles. The smallest absolute Gasteiger partial charge is 0.316 e. The summed E-state index contributed by atoms with van der Waals surface area (Å²) in [6.07, 6.45) is 3.47. The zero-order valence-corrected chi connectivity index (χ0v) is 24.9. The lowest BCUT2D eigenvalue weighted by molar-refractivity contribution is -0.176. The predicted molar refractivity (Wildman–Crippen MR) is 155 cm³/mol.